The normalized spacial score (nSPS) is 22.1. The molecule has 1 aromatic carbocycles. The van der Waals surface area contributed by atoms with Gasteiger partial charge >= 0.3 is 0 Å². The monoisotopic (exact) mass is 431 g/mol. The van der Waals surface area contributed by atoms with Crippen LogP contribution in [0.4, 0.5) is 14.5 Å². The molecule has 31 heavy (non-hydrogen) atoms. The molecule has 0 atom stereocenters. The van der Waals surface area contributed by atoms with Gasteiger partial charge in [-0.2, -0.15) is 5.10 Å². The lowest BCUT2D eigenvalue weighted by molar-refractivity contribution is 0.0884. The van der Waals surface area contributed by atoms with Crippen LogP contribution in [0.15, 0.2) is 24.4 Å². The van der Waals surface area contributed by atoms with E-state index in [-0.39, 0.29) is 17.4 Å². The molecule has 0 bridgehead atoms. The first-order chi connectivity index (χ1) is 15.0. The number of benzene rings is 1. The molecule has 1 aliphatic heterocycles. The van der Waals surface area contributed by atoms with Crippen molar-refractivity contribution < 1.29 is 18.4 Å². The fourth-order valence-corrected chi connectivity index (χ4v) is 4.58. The van der Waals surface area contributed by atoms with E-state index in [2.05, 4.69) is 25.7 Å². The van der Waals surface area contributed by atoms with Gasteiger partial charge in [-0.3, -0.25) is 14.7 Å². The standard InChI is InChI=1S/C22H27F2N5O2/c23-16-5-4-6-17(24)19(16)21(30)27-18-13-25-28-20(18)22(31)26-14-7-9-15(10-8-14)29-11-2-1-3-12-29/h4-6,13-15H,1-3,7-12H2,(H,25,28)(H,26,31)(H,27,30). The van der Waals surface area contributed by atoms with Gasteiger partial charge in [0.1, 0.15) is 22.9 Å². The van der Waals surface area contributed by atoms with E-state index in [0.29, 0.717) is 6.04 Å². The highest BCUT2D eigenvalue weighted by Gasteiger charge is 2.28. The smallest absolute Gasteiger partial charge is 0.271 e. The molecule has 1 saturated carbocycles. The predicted molar refractivity (Wildman–Crippen MR) is 112 cm³/mol. The number of carbonyl (C=O) groups excluding carboxylic acids is 2. The summed E-state index contributed by atoms with van der Waals surface area (Å²) in [6.07, 6.45) is 8.97. The minimum Gasteiger partial charge on any atom is -0.348 e. The number of rotatable bonds is 5. The van der Waals surface area contributed by atoms with Crippen molar-refractivity contribution in [1.29, 1.82) is 0 Å². The summed E-state index contributed by atoms with van der Waals surface area (Å²) in [5.41, 5.74) is -0.568. The van der Waals surface area contributed by atoms with Crippen molar-refractivity contribution in [2.75, 3.05) is 18.4 Å². The van der Waals surface area contributed by atoms with Crippen LogP contribution < -0.4 is 10.6 Å². The molecule has 2 aromatic rings. The summed E-state index contributed by atoms with van der Waals surface area (Å²) in [5.74, 6) is -3.33. The molecule has 1 aromatic heterocycles. The summed E-state index contributed by atoms with van der Waals surface area (Å²) in [6, 6.07) is 3.82. The second-order valence-electron chi connectivity index (χ2n) is 8.28. The third-order valence-electron chi connectivity index (χ3n) is 6.24. The molecule has 4 rings (SSSR count). The molecule has 1 aliphatic carbocycles. The van der Waals surface area contributed by atoms with Gasteiger partial charge in [0.2, 0.25) is 0 Å². The molecular formula is C22H27F2N5O2. The van der Waals surface area contributed by atoms with Crippen molar-refractivity contribution >= 4 is 17.5 Å². The lowest BCUT2D eigenvalue weighted by Crippen LogP contribution is -2.45. The highest BCUT2D eigenvalue weighted by Crippen LogP contribution is 2.26. The van der Waals surface area contributed by atoms with Crippen molar-refractivity contribution in [3.63, 3.8) is 0 Å². The van der Waals surface area contributed by atoms with E-state index in [0.717, 1.165) is 37.8 Å². The number of halogens is 2. The van der Waals surface area contributed by atoms with Gasteiger partial charge in [-0.15, -0.1) is 0 Å². The Kier molecular flexibility index (Phi) is 6.60. The number of H-pyrrole nitrogens is 1. The fourth-order valence-electron chi connectivity index (χ4n) is 4.58. The molecule has 0 radical (unpaired) electrons. The first-order valence-corrected chi connectivity index (χ1v) is 10.9. The zero-order valence-corrected chi connectivity index (χ0v) is 17.3. The second kappa shape index (κ2) is 9.55. The number of hydrogen-bond donors (Lipinski definition) is 3. The number of piperidine rings is 1. The second-order valence-corrected chi connectivity index (χ2v) is 8.28. The van der Waals surface area contributed by atoms with Crippen molar-refractivity contribution in [2.24, 2.45) is 0 Å². The Bertz CT molecular complexity index is 913. The van der Waals surface area contributed by atoms with Gasteiger partial charge in [0.15, 0.2) is 0 Å². The maximum absolute atomic E-state index is 13.9. The van der Waals surface area contributed by atoms with E-state index in [1.165, 1.54) is 44.6 Å². The molecule has 2 aliphatic rings. The minimum absolute atomic E-state index is 0.0457. The largest absolute Gasteiger partial charge is 0.348 e. The Balaban J connectivity index is 1.34. The Morgan fingerprint density at radius 3 is 2.35 bits per heavy atom. The first kappa shape index (κ1) is 21.4. The van der Waals surface area contributed by atoms with Crippen molar-refractivity contribution in [3.05, 3.63) is 47.3 Å². The lowest BCUT2D eigenvalue weighted by Gasteiger charge is -2.39. The molecule has 0 spiro atoms. The van der Waals surface area contributed by atoms with Crippen LogP contribution in [0.25, 0.3) is 0 Å². The van der Waals surface area contributed by atoms with E-state index >= 15 is 0 Å². The van der Waals surface area contributed by atoms with Gasteiger partial charge in [0, 0.05) is 12.1 Å². The van der Waals surface area contributed by atoms with Crippen LogP contribution in [0.3, 0.4) is 0 Å². The molecule has 166 valence electrons. The Labute approximate surface area is 179 Å². The SMILES string of the molecule is O=C(NC1CCC(N2CCCCC2)CC1)c1[nH]ncc1NC(=O)c1c(F)cccc1F. The Morgan fingerprint density at radius 1 is 1.00 bits per heavy atom. The molecule has 2 heterocycles. The third kappa shape index (κ3) is 4.92. The number of anilines is 1. The average molecular weight is 431 g/mol. The van der Waals surface area contributed by atoms with Gasteiger partial charge < -0.3 is 15.5 Å². The number of nitrogens with zero attached hydrogens (tertiary/aromatic N) is 2. The topological polar surface area (TPSA) is 90.1 Å². The minimum atomic E-state index is -0.979. The molecule has 7 nitrogen and oxygen atoms in total. The highest BCUT2D eigenvalue weighted by atomic mass is 19.1. The predicted octanol–water partition coefficient (Wildman–Crippen LogP) is 3.47. The summed E-state index contributed by atoms with van der Waals surface area (Å²) in [7, 11) is 0. The highest BCUT2D eigenvalue weighted by molar-refractivity contribution is 6.08. The van der Waals surface area contributed by atoms with Crippen LogP contribution in [-0.2, 0) is 0 Å². The summed E-state index contributed by atoms with van der Waals surface area (Å²) >= 11 is 0. The fraction of sp³-hybridized carbons (Fsp3) is 0.500. The zero-order chi connectivity index (χ0) is 21.8. The lowest BCUT2D eigenvalue weighted by atomic mass is 9.89. The quantitative estimate of drug-likeness (QED) is 0.676. The van der Waals surface area contributed by atoms with Crippen molar-refractivity contribution in [1.82, 2.24) is 20.4 Å². The van der Waals surface area contributed by atoms with Gasteiger partial charge in [-0.05, 0) is 63.7 Å². The first-order valence-electron chi connectivity index (χ1n) is 10.9. The maximum Gasteiger partial charge on any atom is 0.271 e. The number of nitrogens with one attached hydrogen (secondary N) is 3. The van der Waals surface area contributed by atoms with Gasteiger partial charge in [-0.1, -0.05) is 12.5 Å². The Morgan fingerprint density at radius 2 is 1.68 bits per heavy atom. The van der Waals surface area contributed by atoms with Crippen molar-refractivity contribution in [2.45, 2.75) is 57.0 Å². The van der Waals surface area contributed by atoms with Crippen molar-refractivity contribution in [3.8, 4) is 0 Å². The molecule has 2 fully saturated rings. The van der Waals surface area contributed by atoms with E-state index < -0.39 is 29.0 Å². The molecular weight excluding hydrogens is 404 g/mol. The number of aromatic nitrogens is 2. The molecule has 3 N–H and O–H groups in total. The van der Waals surface area contributed by atoms with Crippen LogP contribution in [0.1, 0.15) is 65.8 Å². The zero-order valence-electron chi connectivity index (χ0n) is 17.3. The molecule has 2 amide bonds. The van der Waals surface area contributed by atoms with Crippen LogP contribution in [0, 0.1) is 11.6 Å². The third-order valence-corrected chi connectivity index (χ3v) is 6.24. The van der Waals surface area contributed by atoms with Gasteiger partial charge in [0.25, 0.3) is 11.8 Å². The van der Waals surface area contributed by atoms with Gasteiger partial charge in [-0.25, -0.2) is 8.78 Å². The van der Waals surface area contributed by atoms with E-state index in [1.807, 2.05) is 0 Å². The van der Waals surface area contributed by atoms with Crippen LogP contribution in [0.2, 0.25) is 0 Å². The Hall–Kier alpha value is -2.81. The summed E-state index contributed by atoms with van der Waals surface area (Å²) in [4.78, 5) is 27.6. The van der Waals surface area contributed by atoms with Crippen LogP contribution in [0.5, 0.6) is 0 Å². The number of amides is 2. The number of aromatic amines is 1. The molecule has 0 unspecified atom stereocenters. The van der Waals surface area contributed by atoms with E-state index in [1.54, 1.807) is 0 Å². The maximum atomic E-state index is 13.9. The number of carbonyl (C=O) groups is 2. The number of likely N-dealkylation sites (tertiary alicyclic amines) is 1. The average Bonchev–Trinajstić information content (AvgIpc) is 3.23. The number of hydrogen-bond acceptors (Lipinski definition) is 4. The molecule has 1 saturated heterocycles. The summed E-state index contributed by atoms with van der Waals surface area (Å²) in [5, 5.41) is 11.7. The van der Waals surface area contributed by atoms with Gasteiger partial charge in [0.05, 0.1) is 11.9 Å². The van der Waals surface area contributed by atoms with Crippen LogP contribution >= 0.6 is 0 Å². The molecule has 9 heteroatoms. The van der Waals surface area contributed by atoms with E-state index in [9.17, 15) is 18.4 Å². The summed E-state index contributed by atoms with van der Waals surface area (Å²) < 4.78 is 27.7. The van der Waals surface area contributed by atoms with Crippen LogP contribution in [-0.4, -0.2) is 52.1 Å². The van der Waals surface area contributed by atoms with E-state index in [4.69, 9.17) is 0 Å². The summed E-state index contributed by atoms with van der Waals surface area (Å²) in [6.45, 7) is 2.34.